The molecule has 0 radical (unpaired) electrons. The number of likely N-dealkylation sites (N-methyl/N-ethyl adjacent to an activating group) is 2. The van der Waals surface area contributed by atoms with Gasteiger partial charge in [0, 0.05) is 25.5 Å². The lowest BCUT2D eigenvalue weighted by molar-refractivity contribution is 0.330. The fourth-order valence-electron chi connectivity index (χ4n) is 2.45. The molecule has 3 nitrogen and oxygen atoms in total. The van der Waals surface area contributed by atoms with Crippen LogP contribution in [0.3, 0.4) is 0 Å². The molecule has 1 N–H and O–H groups in total. The first-order valence-electron chi connectivity index (χ1n) is 7.58. The monoisotopic (exact) mass is 283 g/mol. The number of hydrogen-bond donors (Lipinski definition) is 1. The van der Waals surface area contributed by atoms with E-state index in [-0.39, 0.29) is 0 Å². The molecule has 0 amide bonds. The molecule has 3 heteroatoms. The molecule has 1 aromatic heterocycles. The summed E-state index contributed by atoms with van der Waals surface area (Å²) in [6.45, 7) is 3.09. The van der Waals surface area contributed by atoms with Gasteiger partial charge in [-0.15, -0.1) is 0 Å². The molecule has 0 fully saturated rings. The number of pyridine rings is 1. The Morgan fingerprint density at radius 2 is 1.71 bits per heavy atom. The lowest BCUT2D eigenvalue weighted by Crippen LogP contribution is -2.22. The third-order valence-electron chi connectivity index (χ3n) is 3.73. The van der Waals surface area contributed by atoms with Gasteiger partial charge in [0.15, 0.2) is 0 Å². The normalized spacial score (nSPS) is 11.0. The van der Waals surface area contributed by atoms with Crippen molar-refractivity contribution >= 4 is 0 Å². The van der Waals surface area contributed by atoms with Crippen molar-refractivity contribution in [2.45, 2.75) is 19.4 Å². The fraction of sp³-hybridized carbons (Fsp3) is 0.389. The fourth-order valence-corrected chi connectivity index (χ4v) is 2.45. The predicted octanol–water partition coefficient (Wildman–Crippen LogP) is 2.52. The molecule has 0 bridgehead atoms. The second-order valence-electron chi connectivity index (χ2n) is 5.47. The lowest BCUT2D eigenvalue weighted by atomic mass is 10.0. The maximum Gasteiger partial charge on any atom is 0.0270 e. The van der Waals surface area contributed by atoms with Gasteiger partial charge in [0.1, 0.15) is 0 Å². The van der Waals surface area contributed by atoms with Crippen LogP contribution in [0.1, 0.15) is 16.7 Å². The summed E-state index contributed by atoms with van der Waals surface area (Å²) in [6, 6.07) is 12.9. The molecule has 0 unspecified atom stereocenters. The second kappa shape index (κ2) is 8.55. The molecule has 0 saturated heterocycles. The Kier molecular flexibility index (Phi) is 6.38. The average molecular weight is 283 g/mol. The Morgan fingerprint density at radius 1 is 1.00 bits per heavy atom. The van der Waals surface area contributed by atoms with Crippen LogP contribution in [0.4, 0.5) is 0 Å². The molecule has 2 aromatic rings. The molecule has 0 spiro atoms. The summed E-state index contributed by atoms with van der Waals surface area (Å²) >= 11 is 0. The van der Waals surface area contributed by atoms with Gasteiger partial charge in [-0.05, 0) is 62.3 Å². The zero-order valence-corrected chi connectivity index (χ0v) is 13.0. The summed E-state index contributed by atoms with van der Waals surface area (Å²) in [4.78, 5) is 6.45. The van der Waals surface area contributed by atoms with E-state index in [2.05, 4.69) is 58.6 Å². The number of benzene rings is 1. The van der Waals surface area contributed by atoms with E-state index in [1.165, 1.54) is 16.7 Å². The average Bonchev–Trinajstić information content (AvgIpc) is 2.53. The Bertz CT molecular complexity index is 525. The Balaban J connectivity index is 1.88. The van der Waals surface area contributed by atoms with Crippen molar-refractivity contribution in [3.8, 4) is 0 Å². The van der Waals surface area contributed by atoms with Gasteiger partial charge in [-0.1, -0.05) is 24.3 Å². The highest BCUT2D eigenvalue weighted by Crippen LogP contribution is 2.12. The SMILES string of the molecule is CNCCc1ccccc1CN(C)CCc1ccncc1. The highest BCUT2D eigenvalue weighted by molar-refractivity contribution is 5.27. The van der Waals surface area contributed by atoms with Gasteiger partial charge in [0.05, 0.1) is 0 Å². The second-order valence-corrected chi connectivity index (χ2v) is 5.47. The summed E-state index contributed by atoms with van der Waals surface area (Å²) in [5.41, 5.74) is 4.23. The van der Waals surface area contributed by atoms with Crippen LogP contribution in [0.25, 0.3) is 0 Å². The zero-order valence-electron chi connectivity index (χ0n) is 13.0. The van der Waals surface area contributed by atoms with E-state index in [9.17, 15) is 0 Å². The van der Waals surface area contributed by atoms with Crippen LogP contribution in [-0.2, 0) is 19.4 Å². The van der Waals surface area contributed by atoms with Gasteiger partial charge in [-0.3, -0.25) is 4.98 Å². The van der Waals surface area contributed by atoms with Gasteiger partial charge in [0.25, 0.3) is 0 Å². The molecule has 112 valence electrons. The molecule has 0 aliphatic rings. The number of nitrogens with one attached hydrogen (secondary N) is 1. The van der Waals surface area contributed by atoms with Gasteiger partial charge >= 0.3 is 0 Å². The first-order chi connectivity index (χ1) is 10.3. The maximum absolute atomic E-state index is 4.06. The van der Waals surface area contributed by atoms with Crippen molar-refractivity contribution in [3.63, 3.8) is 0 Å². The summed E-state index contributed by atoms with van der Waals surface area (Å²) in [5.74, 6) is 0. The van der Waals surface area contributed by atoms with Gasteiger partial charge in [0.2, 0.25) is 0 Å². The van der Waals surface area contributed by atoms with E-state index < -0.39 is 0 Å². The van der Waals surface area contributed by atoms with E-state index in [4.69, 9.17) is 0 Å². The largest absolute Gasteiger partial charge is 0.319 e. The van der Waals surface area contributed by atoms with Crippen LogP contribution >= 0.6 is 0 Å². The Labute approximate surface area is 128 Å². The van der Waals surface area contributed by atoms with Crippen molar-refractivity contribution < 1.29 is 0 Å². The summed E-state index contributed by atoms with van der Waals surface area (Å²) < 4.78 is 0. The molecule has 1 heterocycles. The minimum absolute atomic E-state index is 1.00. The third-order valence-corrected chi connectivity index (χ3v) is 3.73. The highest BCUT2D eigenvalue weighted by atomic mass is 15.1. The Hall–Kier alpha value is -1.71. The van der Waals surface area contributed by atoms with Crippen molar-refractivity contribution in [1.29, 1.82) is 0 Å². The minimum Gasteiger partial charge on any atom is -0.319 e. The quantitative estimate of drug-likeness (QED) is 0.807. The van der Waals surface area contributed by atoms with Crippen LogP contribution in [0.2, 0.25) is 0 Å². The van der Waals surface area contributed by atoms with Crippen molar-refractivity contribution in [3.05, 3.63) is 65.5 Å². The smallest absolute Gasteiger partial charge is 0.0270 e. The molecule has 0 saturated carbocycles. The van der Waals surface area contributed by atoms with Crippen LogP contribution in [0, 0.1) is 0 Å². The van der Waals surface area contributed by atoms with Crippen molar-refractivity contribution in [2.24, 2.45) is 0 Å². The topological polar surface area (TPSA) is 28.2 Å². The predicted molar refractivity (Wildman–Crippen MR) is 88.3 cm³/mol. The maximum atomic E-state index is 4.06. The van der Waals surface area contributed by atoms with E-state index in [1.54, 1.807) is 0 Å². The van der Waals surface area contributed by atoms with E-state index in [0.29, 0.717) is 0 Å². The highest BCUT2D eigenvalue weighted by Gasteiger charge is 2.05. The minimum atomic E-state index is 1.00. The van der Waals surface area contributed by atoms with Crippen molar-refractivity contribution in [1.82, 2.24) is 15.2 Å². The van der Waals surface area contributed by atoms with Crippen LogP contribution < -0.4 is 5.32 Å². The molecule has 21 heavy (non-hydrogen) atoms. The van der Waals surface area contributed by atoms with E-state index in [0.717, 1.165) is 32.5 Å². The van der Waals surface area contributed by atoms with Gasteiger partial charge < -0.3 is 10.2 Å². The van der Waals surface area contributed by atoms with E-state index >= 15 is 0 Å². The van der Waals surface area contributed by atoms with Gasteiger partial charge in [-0.25, -0.2) is 0 Å². The molecule has 0 aliphatic carbocycles. The van der Waals surface area contributed by atoms with Crippen LogP contribution in [0.5, 0.6) is 0 Å². The third kappa shape index (κ3) is 5.29. The summed E-state index contributed by atoms with van der Waals surface area (Å²) in [7, 11) is 4.19. The van der Waals surface area contributed by atoms with Crippen LogP contribution in [0.15, 0.2) is 48.8 Å². The van der Waals surface area contributed by atoms with Crippen molar-refractivity contribution in [2.75, 3.05) is 27.2 Å². The number of hydrogen-bond acceptors (Lipinski definition) is 3. The first-order valence-corrected chi connectivity index (χ1v) is 7.58. The summed E-state index contributed by atoms with van der Waals surface area (Å²) in [5, 5.41) is 3.22. The molecular formula is C18H25N3. The van der Waals surface area contributed by atoms with Gasteiger partial charge in [-0.2, -0.15) is 0 Å². The molecular weight excluding hydrogens is 258 g/mol. The number of rotatable bonds is 8. The summed E-state index contributed by atoms with van der Waals surface area (Å²) in [6.07, 6.45) is 5.88. The standard InChI is InChI=1S/C18H25N3/c1-19-11-9-17-5-3-4-6-18(17)15-21(2)14-10-16-7-12-20-13-8-16/h3-8,12-13,19H,9-11,14-15H2,1-2H3. The molecule has 2 rings (SSSR count). The molecule has 1 aromatic carbocycles. The number of nitrogens with zero attached hydrogens (tertiary/aromatic N) is 2. The van der Waals surface area contributed by atoms with E-state index in [1.807, 2.05) is 19.4 Å². The molecule has 0 atom stereocenters. The number of aromatic nitrogens is 1. The molecule has 0 aliphatic heterocycles. The Morgan fingerprint density at radius 3 is 2.43 bits per heavy atom. The first kappa shape index (κ1) is 15.7. The van der Waals surface area contributed by atoms with Crippen LogP contribution in [-0.4, -0.2) is 37.1 Å². The lowest BCUT2D eigenvalue weighted by Gasteiger charge is -2.19. The zero-order chi connectivity index (χ0) is 14.9.